The quantitative estimate of drug-likeness (QED) is 0.474. The molecular formula is C30H42O3Si. The van der Waals surface area contributed by atoms with Crippen molar-refractivity contribution in [3.63, 3.8) is 0 Å². The van der Waals surface area contributed by atoms with Gasteiger partial charge in [-0.05, 0) is 39.6 Å². The van der Waals surface area contributed by atoms with Crippen LogP contribution in [0.1, 0.15) is 54.4 Å². The van der Waals surface area contributed by atoms with E-state index in [-0.39, 0.29) is 35.0 Å². The average Bonchev–Trinajstić information content (AvgIpc) is 2.80. The van der Waals surface area contributed by atoms with Crippen LogP contribution in [0.2, 0.25) is 5.04 Å². The van der Waals surface area contributed by atoms with Crippen molar-refractivity contribution in [3.8, 4) is 0 Å². The number of fused-ring (bicyclic) bond motifs is 1. The van der Waals surface area contributed by atoms with E-state index in [1.165, 1.54) is 10.4 Å². The molecule has 0 spiro atoms. The van der Waals surface area contributed by atoms with E-state index in [1.807, 2.05) is 0 Å². The van der Waals surface area contributed by atoms with Gasteiger partial charge in [-0.2, -0.15) is 0 Å². The normalized spacial score (nSPS) is 31.2. The standard InChI is InChI=1S/C30H42O3Si/c1-28(2,3)34(22-13-9-7-10-14-22,23-15-11-8-12-16-23)33-25-17-18-26-29(4,5)20-19-27(32)30(26,6)24(25)21-31/h7-18,24-27,31-32H,19-21H2,1-6H3/t24-,25+,26+,27+,30-/m1/s1. The van der Waals surface area contributed by atoms with Gasteiger partial charge in [-0.15, -0.1) is 0 Å². The van der Waals surface area contributed by atoms with Crippen LogP contribution < -0.4 is 10.4 Å². The summed E-state index contributed by atoms with van der Waals surface area (Å²) in [6, 6.07) is 21.3. The zero-order chi connectivity index (χ0) is 24.8. The number of hydrogen-bond donors (Lipinski definition) is 2. The molecular weight excluding hydrogens is 436 g/mol. The third kappa shape index (κ3) is 3.93. The zero-order valence-electron chi connectivity index (χ0n) is 21.7. The Hall–Kier alpha value is -1.72. The Balaban J connectivity index is 1.89. The van der Waals surface area contributed by atoms with Crippen LogP contribution in [0.15, 0.2) is 72.8 Å². The fourth-order valence-electron chi connectivity index (χ4n) is 7.00. The van der Waals surface area contributed by atoms with Gasteiger partial charge in [0.15, 0.2) is 0 Å². The van der Waals surface area contributed by atoms with Crippen molar-refractivity contribution >= 4 is 18.7 Å². The first kappa shape index (κ1) is 25.4. The van der Waals surface area contributed by atoms with E-state index in [4.69, 9.17) is 4.43 Å². The summed E-state index contributed by atoms with van der Waals surface area (Å²) in [6.45, 7) is 13.6. The van der Waals surface area contributed by atoms with Crippen LogP contribution in [0, 0.1) is 22.7 Å². The molecule has 0 bridgehead atoms. The first-order chi connectivity index (χ1) is 16.0. The van der Waals surface area contributed by atoms with Gasteiger partial charge in [-0.1, -0.05) is 114 Å². The molecule has 0 radical (unpaired) electrons. The van der Waals surface area contributed by atoms with Crippen molar-refractivity contribution in [1.29, 1.82) is 0 Å². The van der Waals surface area contributed by atoms with E-state index in [2.05, 4.69) is 114 Å². The van der Waals surface area contributed by atoms with E-state index >= 15 is 0 Å². The van der Waals surface area contributed by atoms with Crippen molar-refractivity contribution in [2.75, 3.05) is 6.61 Å². The maximum atomic E-state index is 11.3. The molecule has 1 fully saturated rings. The highest BCUT2D eigenvalue weighted by molar-refractivity contribution is 6.99. The van der Waals surface area contributed by atoms with Crippen LogP contribution in [-0.2, 0) is 4.43 Å². The molecule has 2 aliphatic carbocycles. The topological polar surface area (TPSA) is 49.7 Å². The molecule has 0 aliphatic heterocycles. The predicted molar refractivity (Wildman–Crippen MR) is 143 cm³/mol. The van der Waals surface area contributed by atoms with E-state index in [1.54, 1.807) is 0 Å². The minimum Gasteiger partial charge on any atom is -0.401 e. The Morgan fingerprint density at radius 1 is 0.912 bits per heavy atom. The molecule has 2 aromatic carbocycles. The predicted octanol–water partition coefficient (Wildman–Crippen LogP) is 4.91. The minimum absolute atomic E-state index is 0.00660. The average molecular weight is 479 g/mol. The first-order valence-corrected chi connectivity index (χ1v) is 14.7. The van der Waals surface area contributed by atoms with E-state index in [0.29, 0.717) is 0 Å². The van der Waals surface area contributed by atoms with Gasteiger partial charge in [0, 0.05) is 17.9 Å². The van der Waals surface area contributed by atoms with Crippen molar-refractivity contribution < 1.29 is 14.6 Å². The van der Waals surface area contributed by atoms with Gasteiger partial charge in [0.05, 0.1) is 12.2 Å². The van der Waals surface area contributed by atoms with Crippen molar-refractivity contribution in [2.45, 2.75) is 71.6 Å². The number of aliphatic hydroxyl groups is 2. The smallest absolute Gasteiger partial charge is 0.261 e. The molecule has 0 amide bonds. The number of benzene rings is 2. The molecule has 4 heteroatoms. The van der Waals surface area contributed by atoms with Gasteiger partial charge < -0.3 is 14.6 Å². The summed E-state index contributed by atoms with van der Waals surface area (Å²) in [4.78, 5) is 0. The fourth-order valence-corrected chi connectivity index (χ4v) is 11.7. The van der Waals surface area contributed by atoms with Crippen LogP contribution in [-0.4, -0.2) is 37.3 Å². The molecule has 4 rings (SSSR count). The van der Waals surface area contributed by atoms with Crippen LogP contribution in [0.3, 0.4) is 0 Å². The summed E-state index contributed by atoms with van der Waals surface area (Å²) in [5.41, 5.74) is -0.373. The maximum Gasteiger partial charge on any atom is 0.261 e. The van der Waals surface area contributed by atoms with Crippen molar-refractivity contribution in [1.82, 2.24) is 0 Å². The zero-order valence-corrected chi connectivity index (χ0v) is 22.7. The van der Waals surface area contributed by atoms with Crippen molar-refractivity contribution in [3.05, 3.63) is 72.8 Å². The van der Waals surface area contributed by atoms with Crippen LogP contribution >= 0.6 is 0 Å². The number of hydrogen-bond acceptors (Lipinski definition) is 3. The lowest BCUT2D eigenvalue weighted by atomic mass is 9.49. The number of aliphatic hydroxyl groups excluding tert-OH is 2. The second-order valence-electron chi connectivity index (χ2n) is 12.3. The molecule has 5 atom stereocenters. The molecule has 0 heterocycles. The van der Waals surface area contributed by atoms with E-state index in [0.717, 1.165) is 12.8 Å². The molecule has 0 saturated heterocycles. The largest absolute Gasteiger partial charge is 0.401 e. The van der Waals surface area contributed by atoms with Crippen LogP contribution in [0.25, 0.3) is 0 Å². The van der Waals surface area contributed by atoms with Gasteiger partial charge in [0.2, 0.25) is 0 Å². The first-order valence-electron chi connectivity index (χ1n) is 12.7. The molecule has 0 aromatic heterocycles. The Morgan fingerprint density at radius 2 is 1.44 bits per heavy atom. The van der Waals surface area contributed by atoms with Gasteiger partial charge in [0.1, 0.15) is 0 Å². The molecule has 1 saturated carbocycles. The number of allylic oxidation sites excluding steroid dienone is 1. The van der Waals surface area contributed by atoms with Gasteiger partial charge in [0.25, 0.3) is 8.32 Å². The molecule has 2 aliphatic rings. The van der Waals surface area contributed by atoms with E-state index < -0.39 is 19.8 Å². The maximum absolute atomic E-state index is 11.3. The Kier molecular flexibility index (Phi) is 6.76. The van der Waals surface area contributed by atoms with Crippen molar-refractivity contribution in [2.24, 2.45) is 22.7 Å². The molecule has 0 unspecified atom stereocenters. The van der Waals surface area contributed by atoms with Gasteiger partial charge >= 0.3 is 0 Å². The third-order valence-corrected chi connectivity index (χ3v) is 13.9. The van der Waals surface area contributed by atoms with E-state index in [9.17, 15) is 10.2 Å². The van der Waals surface area contributed by atoms with Gasteiger partial charge in [-0.25, -0.2) is 0 Å². The molecule has 3 nitrogen and oxygen atoms in total. The van der Waals surface area contributed by atoms with Gasteiger partial charge in [-0.3, -0.25) is 0 Å². The lowest BCUT2D eigenvalue weighted by Crippen LogP contribution is -2.69. The summed E-state index contributed by atoms with van der Waals surface area (Å²) in [5, 5.41) is 24.4. The summed E-state index contributed by atoms with van der Waals surface area (Å²) in [7, 11) is -2.79. The summed E-state index contributed by atoms with van der Waals surface area (Å²) >= 11 is 0. The fraction of sp³-hybridized carbons (Fsp3) is 0.533. The Morgan fingerprint density at radius 3 is 1.91 bits per heavy atom. The molecule has 34 heavy (non-hydrogen) atoms. The molecule has 2 N–H and O–H groups in total. The Labute approximate surface area is 207 Å². The summed E-state index contributed by atoms with van der Waals surface area (Å²) in [6.07, 6.45) is 5.50. The highest BCUT2D eigenvalue weighted by atomic mass is 28.4. The molecule has 184 valence electrons. The summed E-state index contributed by atoms with van der Waals surface area (Å²) in [5.74, 6) is 0.0126. The highest BCUT2D eigenvalue weighted by Gasteiger charge is 2.59. The SMILES string of the molecule is CC1(C)CC[C@H](O)[C@]2(C)[C@H](CO)[C@@H](O[Si](c3ccccc3)(c3ccccc3)C(C)(C)C)C=C[C@@H]12. The minimum atomic E-state index is -2.79. The third-order valence-electron chi connectivity index (χ3n) is 8.91. The summed E-state index contributed by atoms with van der Waals surface area (Å²) < 4.78 is 7.43. The van der Waals surface area contributed by atoms with Crippen LogP contribution in [0.5, 0.6) is 0 Å². The second kappa shape index (κ2) is 9.05. The lowest BCUT2D eigenvalue weighted by Gasteiger charge is -2.59. The lowest BCUT2D eigenvalue weighted by molar-refractivity contribution is -0.147. The monoisotopic (exact) mass is 478 g/mol. The van der Waals surface area contributed by atoms with Crippen LogP contribution in [0.4, 0.5) is 0 Å². The molecule has 2 aromatic rings. The second-order valence-corrected chi connectivity index (χ2v) is 16.6. The highest BCUT2D eigenvalue weighted by Crippen LogP contribution is 2.58. The Bertz CT molecular complexity index is 955. The number of rotatable bonds is 5.